The molecule has 14 heavy (non-hydrogen) atoms. The second-order valence-corrected chi connectivity index (χ2v) is 2.78. The van der Waals surface area contributed by atoms with Crippen molar-refractivity contribution >= 4 is 16.2 Å². The molecule has 0 aromatic carbocycles. The number of nitrogens with one attached hydrogen (secondary N) is 1. The highest BCUT2D eigenvalue weighted by Crippen LogP contribution is 1.96. The first-order chi connectivity index (χ1) is 6.20. The van der Waals surface area contributed by atoms with Crippen LogP contribution in [0.2, 0.25) is 0 Å². The Kier molecular flexibility index (Phi) is 4.14. The van der Waals surface area contributed by atoms with Crippen LogP contribution >= 0.6 is 0 Å². The summed E-state index contributed by atoms with van der Waals surface area (Å²) in [4.78, 5) is 15.3. The number of hydrogen-bond donors (Lipinski definition) is 4. The van der Waals surface area contributed by atoms with Crippen molar-refractivity contribution in [3.63, 3.8) is 0 Å². The topological polar surface area (TPSA) is 146 Å². The van der Waals surface area contributed by atoms with E-state index in [9.17, 15) is 9.18 Å². The Morgan fingerprint density at radius 3 is 2.21 bits per heavy atom. The SMILES string of the molecule is Nc1nc(=O)[nH]cc1F.O=S(=O)(O)O. The Balaban J connectivity index is 0.000000292. The molecule has 0 atom stereocenters. The lowest BCUT2D eigenvalue weighted by Gasteiger charge is -1.88. The van der Waals surface area contributed by atoms with E-state index in [0.29, 0.717) is 0 Å². The third-order valence-corrected chi connectivity index (χ3v) is 0.789. The Morgan fingerprint density at radius 2 is 1.93 bits per heavy atom. The Labute approximate surface area is 77.2 Å². The molecule has 0 amide bonds. The maximum absolute atomic E-state index is 12.1. The van der Waals surface area contributed by atoms with E-state index in [4.69, 9.17) is 23.3 Å². The van der Waals surface area contributed by atoms with Crippen LogP contribution in [-0.4, -0.2) is 27.5 Å². The number of nitrogens with zero attached hydrogens (tertiary/aromatic N) is 1. The summed E-state index contributed by atoms with van der Waals surface area (Å²) in [5.74, 6) is -1.09. The van der Waals surface area contributed by atoms with Crippen LogP contribution in [0, 0.1) is 5.82 Å². The van der Waals surface area contributed by atoms with Crippen molar-refractivity contribution in [1.82, 2.24) is 9.97 Å². The summed E-state index contributed by atoms with van der Waals surface area (Å²) in [6.45, 7) is 0. The van der Waals surface area contributed by atoms with Gasteiger partial charge >= 0.3 is 16.1 Å². The van der Waals surface area contributed by atoms with Gasteiger partial charge in [0.1, 0.15) is 0 Å². The van der Waals surface area contributed by atoms with Crippen molar-refractivity contribution in [2.45, 2.75) is 0 Å². The molecule has 80 valence electrons. The minimum absolute atomic E-state index is 0.376. The van der Waals surface area contributed by atoms with Crippen molar-refractivity contribution in [3.8, 4) is 0 Å². The molecular formula is C4H6FN3O5S. The number of nitrogen functional groups attached to an aromatic ring is 1. The summed E-state index contributed by atoms with van der Waals surface area (Å²) in [6, 6.07) is 0. The zero-order valence-corrected chi connectivity index (χ0v) is 7.32. The predicted octanol–water partition coefficient (Wildman–Crippen LogP) is -1.16. The number of aromatic amines is 1. The molecule has 0 radical (unpaired) electrons. The average molecular weight is 227 g/mol. The summed E-state index contributed by atoms with van der Waals surface area (Å²) in [5.41, 5.74) is 4.27. The molecular weight excluding hydrogens is 221 g/mol. The molecule has 0 bridgehead atoms. The van der Waals surface area contributed by atoms with Crippen LogP contribution in [0.1, 0.15) is 0 Å². The molecule has 8 nitrogen and oxygen atoms in total. The predicted molar refractivity (Wildman–Crippen MR) is 43.4 cm³/mol. The van der Waals surface area contributed by atoms with E-state index in [-0.39, 0.29) is 5.82 Å². The summed E-state index contributed by atoms with van der Waals surface area (Å²) in [7, 11) is -4.67. The quantitative estimate of drug-likeness (QED) is 0.408. The fourth-order valence-electron chi connectivity index (χ4n) is 0.394. The Morgan fingerprint density at radius 1 is 1.50 bits per heavy atom. The van der Waals surface area contributed by atoms with Crippen LogP contribution in [0.25, 0.3) is 0 Å². The van der Waals surface area contributed by atoms with Gasteiger partial charge in [-0.05, 0) is 0 Å². The second-order valence-electron chi connectivity index (χ2n) is 1.89. The van der Waals surface area contributed by atoms with Crippen LogP contribution < -0.4 is 11.4 Å². The molecule has 0 saturated carbocycles. The number of hydrogen-bond acceptors (Lipinski definition) is 5. The molecule has 1 heterocycles. The number of halogens is 1. The van der Waals surface area contributed by atoms with Gasteiger partial charge in [0.05, 0.1) is 0 Å². The minimum atomic E-state index is -4.67. The molecule has 0 aliphatic rings. The average Bonchev–Trinajstić information content (AvgIpc) is 1.94. The number of H-pyrrole nitrogens is 1. The van der Waals surface area contributed by atoms with Gasteiger partial charge < -0.3 is 10.7 Å². The van der Waals surface area contributed by atoms with Gasteiger partial charge in [0.2, 0.25) is 0 Å². The van der Waals surface area contributed by atoms with Crippen molar-refractivity contribution in [2.75, 3.05) is 5.73 Å². The molecule has 10 heteroatoms. The third kappa shape index (κ3) is 7.15. The number of rotatable bonds is 0. The maximum atomic E-state index is 12.1. The molecule has 1 aromatic heterocycles. The van der Waals surface area contributed by atoms with Gasteiger partial charge in [-0.1, -0.05) is 0 Å². The molecule has 0 fully saturated rings. The Bertz CT molecular complexity index is 446. The number of nitrogens with two attached hydrogens (primary N) is 1. The number of aromatic nitrogens is 2. The summed E-state index contributed by atoms with van der Waals surface area (Å²) in [5, 5.41) is 0. The van der Waals surface area contributed by atoms with E-state index >= 15 is 0 Å². The highest BCUT2D eigenvalue weighted by Gasteiger charge is 1.96. The van der Waals surface area contributed by atoms with Gasteiger partial charge in [-0.25, -0.2) is 9.18 Å². The highest BCUT2D eigenvalue weighted by molar-refractivity contribution is 7.79. The molecule has 1 aromatic rings. The van der Waals surface area contributed by atoms with Gasteiger partial charge in [0, 0.05) is 6.20 Å². The maximum Gasteiger partial charge on any atom is 0.394 e. The molecule has 0 unspecified atom stereocenters. The van der Waals surface area contributed by atoms with Gasteiger partial charge in [-0.2, -0.15) is 13.4 Å². The van der Waals surface area contributed by atoms with E-state index in [2.05, 4.69) is 4.98 Å². The first-order valence-electron chi connectivity index (χ1n) is 2.90. The minimum Gasteiger partial charge on any atom is -0.381 e. The van der Waals surface area contributed by atoms with E-state index in [1.54, 1.807) is 0 Å². The van der Waals surface area contributed by atoms with Crippen molar-refractivity contribution in [3.05, 3.63) is 22.5 Å². The summed E-state index contributed by atoms with van der Waals surface area (Å²) < 4.78 is 43.7. The lowest BCUT2D eigenvalue weighted by Crippen LogP contribution is -2.12. The van der Waals surface area contributed by atoms with Crippen LogP contribution in [0.15, 0.2) is 11.0 Å². The fourth-order valence-corrected chi connectivity index (χ4v) is 0.394. The first kappa shape index (κ1) is 12.5. The van der Waals surface area contributed by atoms with E-state index < -0.39 is 21.9 Å². The highest BCUT2D eigenvalue weighted by atomic mass is 32.3. The lowest BCUT2D eigenvalue weighted by molar-refractivity contribution is 0.381. The smallest absolute Gasteiger partial charge is 0.381 e. The van der Waals surface area contributed by atoms with Gasteiger partial charge in [-0.15, -0.1) is 0 Å². The first-order valence-corrected chi connectivity index (χ1v) is 4.30. The summed E-state index contributed by atoms with van der Waals surface area (Å²) >= 11 is 0. The lowest BCUT2D eigenvalue weighted by atomic mass is 10.6. The van der Waals surface area contributed by atoms with Crippen molar-refractivity contribution in [2.24, 2.45) is 0 Å². The molecule has 0 aliphatic heterocycles. The normalized spacial score (nSPS) is 10.2. The molecule has 0 spiro atoms. The molecule has 0 saturated heterocycles. The fraction of sp³-hybridized carbons (Fsp3) is 0. The molecule has 0 aliphatic carbocycles. The van der Waals surface area contributed by atoms with Crippen molar-refractivity contribution < 1.29 is 21.9 Å². The zero-order valence-electron chi connectivity index (χ0n) is 6.51. The van der Waals surface area contributed by atoms with Crippen molar-refractivity contribution in [1.29, 1.82) is 0 Å². The molecule has 5 N–H and O–H groups in total. The van der Waals surface area contributed by atoms with Crippen LogP contribution in [0.5, 0.6) is 0 Å². The van der Waals surface area contributed by atoms with Gasteiger partial charge in [0.15, 0.2) is 11.6 Å². The zero-order chi connectivity index (χ0) is 11.4. The second kappa shape index (κ2) is 4.64. The van der Waals surface area contributed by atoms with Crippen LogP contribution in [-0.2, 0) is 10.4 Å². The molecule has 1 rings (SSSR count). The standard InChI is InChI=1S/C4H4FN3O.H2O4S/c5-2-1-7-4(9)8-3(2)6;1-5(2,3)4/h1H,(H3,6,7,8,9);(H2,1,2,3,4). The summed E-state index contributed by atoms with van der Waals surface area (Å²) in [6.07, 6.45) is 0.866. The van der Waals surface area contributed by atoms with E-state index in [1.807, 2.05) is 4.98 Å². The monoisotopic (exact) mass is 227 g/mol. The Hall–Kier alpha value is -1.52. The van der Waals surface area contributed by atoms with Gasteiger partial charge in [0.25, 0.3) is 0 Å². The number of anilines is 1. The third-order valence-electron chi connectivity index (χ3n) is 0.789. The van der Waals surface area contributed by atoms with E-state index in [0.717, 1.165) is 6.20 Å². The largest absolute Gasteiger partial charge is 0.394 e. The van der Waals surface area contributed by atoms with E-state index in [1.165, 1.54) is 0 Å². The van der Waals surface area contributed by atoms with Crippen LogP contribution in [0.3, 0.4) is 0 Å². The van der Waals surface area contributed by atoms with Crippen LogP contribution in [0.4, 0.5) is 10.2 Å². The van der Waals surface area contributed by atoms with Gasteiger partial charge in [-0.3, -0.25) is 9.11 Å².